The highest BCUT2D eigenvalue weighted by atomic mass is 16.1. The lowest BCUT2D eigenvalue weighted by molar-refractivity contribution is 0.732. The predicted molar refractivity (Wildman–Crippen MR) is 134 cm³/mol. The number of anilines is 2. The van der Waals surface area contributed by atoms with Crippen molar-refractivity contribution < 1.29 is 0 Å². The summed E-state index contributed by atoms with van der Waals surface area (Å²) in [6.45, 7) is 6.85. The second-order valence-electron chi connectivity index (χ2n) is 8.97. The summed E-state index contributed by atoms with van der Waals surface area (Å²) >= 11 is 0. The van der Waals surface area contributed by atoms with Crippen LogP contribution in [0.4, 0.5) is 11.4 Å². The molecule has 4 nitrogen and oxygen atoms in total. The van der Waals surface area contributed by atoms with Crippen LogP contribution in [0, 0.1) is 0 Å². The molecule has 0 amide bonds. The minimum Gasteiger partial charge on any atom is -0.381 e. The highest BCUT2D eigenvalue weighted by Gasteiger charge is 2.16. The molecule has 3 aromatic carbocycles. The molecule has 2 N–H and O–H groups in total. The van der Waals surface area contributed by atoms with Gasteiger partial charge >= 0.3 is 0 Å². The molecule has 162 valence electrons. The van der Waals surface area contributed by atoms with Gasteiger partial charge in [0.05, 0.1) is 0 Å². The maximum Gasteiger partial charge on any atom is 0.253 e. The van der Waals surface area contributed by atoms with Crippen molar-refractivity contribution in [2.45, 2.75) is 39.3 Å². The fourth-order valence-corrected chi connectivity index (χ4v) is 4.46. The maximum atomic E-state index is 12.5. The number of aromatic nitrogens is 1. The summed E-state index contributed by atoms with van der Waals surface area (Å²) in [5, 5.41) is 4.49. The van der Waals surface area contributed by atoms with Crippen molar-refractivity contribution in [3.05, 3.63) is 105 Å². The Labute approximate surface area is 188 Å². The molecular weight excluding hydrogens is 394 g/mol. The molecule has 0 saturated carbocycles. The van der Waals surface area contributed by atoms with E-state index in [2.05, 4.69) is 89.7 Å². The molecule has 0 atom stereocenters. The second-order valence-corrected chi connectivity index (χ2v) is 8.97. The molecular formula is C28H29N3O. The van der Waals surface area contributed by atoms with Crippen LogP contribution in [-0.2, 0) is 19.5 Å². The highest BCUT2D eigenvalue weighted by Crippen LogP contribution is 2.26. The summed E-state index contributed by atoms with van der Waals surface area (Å²) < 4.78 is 0. The molecule has 1 aliphatic rings. The second kappa shape index (κ2) is 8.54. The van der Waals surface area contributed by atoms with Gasteiger partial charge in [0.25, 0.3) is 5.56 Å². The Kier molecular flexibility index (Phi) is 5.44. The topological polar surface area (TPSA) is 48.1 Å². The zero-order valence-electron chi connectivity index (χ0n) is 18.7. The number of aromatic amines is 1. The van der Waals surface area contributed by atoms with Crippen molar-refractivity contribution >= 4 is 22.3 Å². The third kappa shape index (κ3) is 4.13. The Hall–Kier alpha value is -3.53. The summed E-state index contributed by atoms with van der Waals surface area (Å²) in [6.07, 6.45) is 1.08. The van der Waals surface area contributed by atoms with E-state index in [1.165, 1.54) is 22.4 Å². The van der Waals surface area contributed by atoms with E-state index in [0.717, 1.165) is 41.7 Å². The average Bonchev–Trinajstić information content (AvgIpc) is 2.82. The Morgan fingerprint density at radius 1 is 0.969 bits per heavy atom. The van der Waals surface area contributed by atoms with Crippen LogP contribution in [-0.4, -0.2) is 11.5 Å². The third-order valence-electron chi connectivity index (χ3n) is 6.46. The third-order valence-corrected chi connectivity index (χ3v) is 6.46. The highest BCUT2D eigenvalue weighted by molar-refractivity contribution is 5.80. The molecule has 5 rings (SSSR count). The minimum atomic E-state index is -0.0362. The van der Waals surface area contributed by atoms with Crippen LogP contribution >= 0.6 is 0 Å². The number of hydrogen-bond acceptors (Lipinski definition) is 3. The number of pyridine rings is 1. The quantitative estimate of drug-likeness (QED) is 0.425. The molecule has 0 spiro atoms. The number of nitrogens with one attached hydrogen (secondary N) is 2. The summed E-state index contributed by atoms with van der Waals surface area (Å²) in [5.41, 5.74) is 7.99. The first-order valence-electron chi connectivity index (χ1n) is 11.4. The van der Waals surface area contributed by atoms with Crippen LogP contribution in [0.3, 0.4) is 0 Å². The Morgan fingerprint density at radius 3 is 2.53 bits per heavy atom. The normalized spacial score (nSPS) is 13.4. The summed E-state index contributed by atoms with van der Waals surface area (Å²) in [7, 11) is 0. The largest absolute Gasteiger partial charge is 0.381 e. The Balaban J connectivity index is 1.29. The van der Waals surface area contributed by atoms with Crippen molar-refractivity contribution in [1.82, 2.24) is 4.98 Å². The van der Waals surface area contributed by atoms with Gasteiger partial charge in [0.1, 0.15) is 0 Å². The summed E-state index contributed by atoms with van der Waals surface area (Å²) in [4.78, 5) is 18.0. The molecule has 0 aliphatic carbocycles. The van der Waals surface area contributed by atoms with E-state index < -0.39 is 0 Å². The van der Waals surface area contributed by atoms with E-state index in [1.54, 1.807) is 0 Å². The molecule has 1 aromatic heterocycles. The zero-order valence-corrected chi connectivity index (χ0v) is 18.7. The van der Waals surface area contributed by atoms with Crippen LogP contribution in [0.5, 0.6) is 0 Å². The predicted octanol–water partition coefficient (Wildman–Crippen LogP) is 5.83. The molecule has 4 heteroatoms. The summed E-state index contributed by atoms with van der Waals surface area (Å²) in [5.74, 6) is 0.458. The van der Waals surface area contributed by atoms with Crippen LogP contribution in [0.2, 0.25) is 0 Å². The lowest BCUT2D eigenvalue weighted by Crippen LogP contribution is -2.30. The van der Waals surface area contributed by atoms with Crippen molar-refractivity contribution in [2.24, 2.45) is 0 Å². The molecule has 0 fully saturated rings. The smallest absolute Gasteiger partial charge is 0.253 e. The first kappa shape index (κ1) is 20.4. The molecule has 4 aromatic rings. The molecule has 0 radical (unpaired) electrons. The van der Waals surface area contributed by atoms with Crippen LogP contribution in [0.25, 0.3) is 10.9 Å². The zero-order chi connectivity index (χ0) is 22.1. The monoisotopic (exact) mass is 423 g/mol. The molecule has 2 heterocycles. The van der Waals surface area contributed by atoms with E-state index in [4.69, 9.17) is 0 Å². The van der Waals surface area contributed by atoms with Gasteiger partial charge in [-0.3, -0.25) is 4.79 Å². The number of fused-ring (bicyclic) bond motifs is 2. The van der Waals surface area contributed by atoms with E-state index in [-0.39, 0.29) is 5.56 Å². The number of nitrogens with zero attached hydrogens (tertiary/aromatic N) is 1. The van der Waals surface area contributed by atoms with Gasteiger partial charge in [-0.25, -0.2) is 0 Å². The lowest BCUT2D eigenvalue weighted by Gasteiger charge is -2.30. The van der Waals surface area contributed by atoms with Crippen molar-refractivity contribution in [1.29, 1.82) is 0 Å². The molecule has 0 saturated heterocycles. The fraction of sp³-hybridized carbons (Fsp3) is 0.250. The number of hydrogen-bond donors (Lipinski definition) is 2. The van der Waals surface area contributed by atoms with E-state index in [0.29, 0.717) is 12.5 Å². The first-order valence-corrected chi connectivity index (χ1v) is 11.4. The number of rotatable bonds is 5. The number of H-pyrrole nitrogens is 1. The summed E-state index contributed by atoms with van der Waals surface area (Å²) in [6, 6.07) is 25.5. The van der Waals surface area contributed by atoms with Gasteiger partial charge in [0, 0.05) is 42.1 Å². The van der Waals surface area contributed by atoms with Gasteiger partial charge in [-0.15, -0.1) is 0 Å². The van der Waals surface area contributed by atoms with Gasteiger partial charge < -0.3 is 15.2 Å². The Bertz CT molecular complexity index is 1300. The van der Waals surface area contributed by atoms with Gasteiger partial charge in [-0.1, -0.05) is 44.2 Å². The van der Waals surface area contributed by atoms with Crippen molar-refractivity contribution in [2.75, 3.05) is 16.8 Å². The van der Waals surface area contributed by atoms with E-state index in [1.807, 2.05) is 12.1 Å². The SMILES string of the molecule is CC(C)c1ccc2[nH]c(=O)c(CNc3ccc(N4CCc5ccccc5C4)cc3)cc2c1. The van der Waals surface area contributed by atoms with Crippen LogP contribution in [0.1, 0.15) is 42.0 Å². The molecule has 0 bridgehead atoms. The Morgan fingerprint density at radius 2 is 1.75 bits per heavy atom. The standard InChI is InChI=1S/C28H29N3O/c1-19(2)21-7-12-27-23(15-21)16-24(28(32)30-27)17-29-25-8-10-26(11-9-25)31-14-13-20-5-3-4-6-22(20)18-31/h3-12,15-16,19,29H,13-14,17-18H2,1-2H3,(H,30,32). The van der Waals surface area contributed by atoms with Crippen molar-refractivity contribution in [3.8, 4) is 0 Å². The molecule has 32 heavy (non-hydrogen) atoms. The van der Waals surface area contributed by atoms with Gasteiger partial charge in [-0.2, -0.15) is 0 Å². The van der Waals surface area contributed by atoms with E-state index >= 15 is 0 Å². The van der Waals surface area contributed by atoms with Gasteiger partial charge in [0.2, 0.25) is 0 Å². The van der Waals surface area contributed by atoms with Gasteiger partial charge in [-0.05, 0) is 76.9 Å². The first-order chi connectivity index (χ1) is 15.6. The lowest BCUT2D eigenvalue weighted by atomic mass is 9.99. The van der Waals surface area contributed by atoms with Crippen LogP contribution in [0.15, 0.2) is 77.6 Å². The maximum absolute atomic E-state index is 12.5. The minimum absolute atomic E-state index is 0.0362. The number of benzene rings is 3. The van der Waals surface area contributed by atoms with Crippen molar-refractivity contribution in [3.63, 3.8) is 0 Å². The van der Waals surface area contributed by atoms with Gasteiger partial charge in [0.15, 0.2) is 0 Å². The van der Waals surface area contributed by atoms with E-state index in [9.17, 15) is 4.79 Å². The molecule has 0 unspecified atom stereocenters. The molecule has 1 aliphatic heterocycles. The van der Waals surface area contributed by atoms with Crippen LogP contribution < -0.4 is 15.8 Å². The fourth-order valence-electron chi connectivity index (χ4n) is 4.46. The average molecular weight is 424 g/mol.